The van der Waals surface area contributed by atoms with Gasteiger partial charge in [0.25, 0.3) is 0 Å². The van der Waals surface area contributed by atoms with Gasteiger partial charge in [-0.2, -0.15) is 0 Å². The fraction of sp³-hybridized carbons (Fsp3) is 0.235. The topological polar surface area (TPSA) is 71.5 Å². The second kappa shape index (κ2) is 7.08. The summed E-state index contributed by atoms with van der Waals surface area (Å²) in [6, 6.07) is 9.49. The Balaban J connectivity index is 1.56. The molecule has 1 N–H and O–H groups in total. The SMILES string of the molecule is O=C1CN(C(=O)CCCOc2ccccc2F)c2ncccc2N1. The van der Waals surface area contributed by atoms with Gasteiger partial charge in [0, 0.05) is 12.6 Å². The first-order valence-corrected chi connectivity index (χ1v) is 7.58. The number of hydrogen-bond donors (Lipinski definition) is 1. The standard InChI is InChI=1S/C17H16FN3O3/c18-12-5-1-2-7-14(12)24-10-4-8-16(23)21-11-15(22)20-13-6-3-9-19-17(13)21/h1-3,5-7,9H,4,8,10-11H2,(H,20,22). The first-order valence-electron chi connectivity index (χ1n) is 7.58. The van der Waals surface area contributed by atoms with Crippen molar-refractivity contribution in [1.82, 2.24) is 4.98 Å². The molecule has 0 saturated heterocycles. The summed E-state index contributed by atoms with van der Waals surface area (Å²) in [4.78, 5) is 29.6. The molecule has 0 saturated carbocycles. The summed E-state index contributed by atoms with van der Waals surface area (Å²) in [6.07, 6.45) is 2.16. The summed E-state index contributed by atoms with van der Waals surface area (Å²) in [5.41, 5.74) is 0.518. The number of carbonyl (C=O) groups is 2. The largest absolute Gasteiger partial charge is 0.491 e. The first kappa shape index (κ1) is 15.9. The molecule has 0 unspecified atom stereocenters. The van der Waals surface area contributed by atoms with Crippen LogP contribution in [0.1, 0.15) is 12.8 Å². The highest BCUT2D eigenvalue weighted by molar-refractivity contribution is 6.08. The van der Waals surface area contributed by atoms with Crippen molar-refractivity contribution in [3.8, 4) is 5.75 Å². The van der Waals surface area contributed by atoms with Gasteiger partial charge in [-0.15, -0.1) is 0 Å². The Labute approximate surface area is 138 Å². The molecule has 0 spiro atoms. The summed E-state index contributed by atoms with van der Waals surface area (Å²) in [5, 5.41) is 2.68. The van der Waals surface area contributed by atoms with Gasteiger partial charge < -0.3 is 10.1 Å². The van der Waals surface area contributed by atoms with E-state index in [1.165, 1.54) is 17.0 Å². The number of benzene rings is 1. The molecule has 24 heavy (non-hydrogen) atoms. The van der Waals surface area contributed by atoms with Crippen molar-refractivity contribution in [2.45, 2.75) is 12.8 Å². The summed E-state index contributed by atoms with van der Waals surface area (Å²) < 4.78 is 18.7. The van der Waals surface area contributed by atoms with Gasteiger partial charge in [-0.3, -0.25) is 14.5 Å². The predicted octanol–water partition coefficient (Wildman–Crippen LogP) is 2.37. The molecule has 1 aromatic carbocycles. The van der Waals surface area contributed by atoms with Crippen LogP contribution < -0.4 is 15.0 Å². The van der Waals surface area contributed by atoms with Crippen molar-refractivity contribution < 1.29 is 18.7 Å². The molecule has 0 atom stereocenters. The summed E-state index contributed by atoms with van der Waals surface area (Å²) in [7, 11) is 0. The number of nitrogens with zero attached hydrogens (tertiary/aromatic N) is 2. The van der Waals surface area contributed by atoms with E-state index >= 15 is 0 Å². The van der Waals surface area contributed by atoms with Gasteiger partial charge in [0.2, 0.25) is 11.8 Å². The van der Waals surface area contributed by atoms with Crippen LogP contribution in [0.5, 0.6) is 5.75 Å². The number of aromatic nitrogens is 1. The van der Waals surface area contributed by atoms with Crippen LogP contribution in [0.25, 0.3) is 0 Å². The lowest BCUT2D eigenvalue weighted by molar-refractivity contribution is -0.122. The van der Waals surface area contributed by atoms with Crippen LogP contribution in [0, 0.1) is 5.82 Å². The van der Waals surface area contributed by atoms with E-state index in [1.54, 1.807) is 30.5 Å². The number of fused-ring (bicyclic) bond motifs is 1. The molecule has 0 radical (unpaired) electrons. The van der Waals surface area contributed by atoms with Gasteiger partial charge in [0.05, 0.1) is 12.3 Å². The highest BCUT2D eigenvalue weighted by Gasteiger charge is 2.27. The Morgan fingerprint density at radius 3 is 2.96 bits per heavy atom. The number of halogens is 1. The fourth-order valence-electron chi connectivity index (χ4n) is 2.43. The zero-order chi connectivity index (χ0) is 16.9. The van der Waals surface area contributed by atoms with E-state index in [0.717, 1.165) is 0 Å². The molecule has 6 nitrogen and oxygen atoms in total. The molecule has 1 aromatic heterocycles. The molecule has 2 heterocycles. The predicted molar refractivity (Wildman–Crippen MR) is 86.3 cm³/mol. The van der Waals surface area contributed by atoms with Gasteiger partial charge in [0.15, 0.2) is 17.4 Å². The van der Waals surface area contributed by atoms with Crippen molar-refractivity contribution in [3.63, 3.8) is 0 Å². The highest BCUT2D eigenvalue weighted by Crippen LogP contribution is 2.26. The van der Waals surface area contributed by atoms with Crippen LogP contribution in [0.3, 0.4) is 0 Å². The number of rotatable bonds is 5. The molecule has 1 aliphatic rings. The third-order valence-electron chi connectivity index (χ3n) is 3.55. The average Bonchev–Trinajstić information content (AvgIpc) is 2.59. The van der Waals surface area contributed by atoms with E-state index in [-0.39, 0.29) is 37.1 Å². The van der Waals surface area contributed by atoms with Gasteiger partial charge in [-0.25, -0.2) is 9.37 Å². The zero-order valence-corrected chi connectivity index (χ0v) is 12.9. The maximum Gasteiger partial charge on any atom is 0.244 e. The van der Waals surface area contributed by atoms with E-state index in [4.69, 9.17) is 4.74 Å². The van der Waals surface area contributed by atoms with E-state index < -0.39 is 5.82 Å². The number of pyridine rings is 1. The minimum Gasteiger partial charge on any atom is -0.491 e. The second-order valence-electron chi connectivity index (χ2n) is 5.29. The summed E-state index contributed by atoms with van der Waals surface area (Å²) >= 11 is 0. The fourth-order valence-corrected chi connectivity index (χ4v) is 2.43. The third kappa shape index (κ3) is 3.51. The molecule has 3 rings (SSSR count). The normalized spacial score (nSPS) is 13.2. The Kier molecular flexibility index (Phi) is 4.69. The maximum absolute atomic E-state index is 13.4. The molecular formula is C17H16FN3O3. The average molecular weight is 329 g/mol. The van der Waals surface area contributed by atoms with Crippen LogP contribution >= 0.6 is 0 Å². The molecule has 7 heteroatoms. The lowest BCUT2D eigenvalue weighted by Gasteiger charge is -2.27. The van der Waals surface area contributed by atoms with Crippen LogP contribution in [0.15, 0.2) is 42.6 Å². The summed E-state index contributed by atoms with van der Waals surface area (Å²) in [6.45, 7) is 0.152. The Morgan fingerprint density at radius 2 is 2.12 bits per heavy atom. The monoisotopic (exact) mass is 329 g/mol. The van der Waals surface area contributed by atoms with E-state index in [2.05, 4.69) is 10.3 Å². The molecule has 0 fully saturated rings. The molecule has 2 aromatic rings. The van der Waals surface area contributed by atoms with Crippen molar-refractivity contribution in [3.05, 3.63) is 48.4 Å². The number of amides is 2. The second-order valence-corrected chi connectivity index (χ2v) is 5.29. The van der Waals surface area contributed by atoms with Gasteiger partial charge in [-0.1, -0.05) is 12.1 Å². The van der Waals surface area contributed by atoms with Crippen LogP contribution in [-0.2, 0) is 9.59 Å². The number of hydrogen-bond acceptors (Lipinski definition) is 4. The van der Waals surface area contributed by atoms with Crippen molar-refractivity contribution in [2.24, 2.45) is 0 Å². The molecule has 0 aliphatic carbocycles. The smallest absolute Gasteiger partial charge is 0.244 e. The minimum atomic E-state index is -0.436. The number of ether oxygens (including phenoxy) is 1. The van der Waals surface area contributed by atoms with Gasteiger partial charge in [0.1, 0.15) is 6.54 Å². The molecule has 124 valence electrons. The third-order valence-corrected chi connectivity index (χ3v) is 3.55. The van der Waals surface area contributed by atoms with E-state index in [1.807, 2.05) is 0 Å². The molecule has 1 aliphatic heterocycles. The van der Waals surface area contributed by atoms with Crippen molar-refractivity contribution >= 4 is 23.3 Å². The lowest BCUT2D eigenvalue weighted by Crippen LogP contribution is -2.42. The quantitative estimate of drug-likeness (QED) is 0.855. The van der Waals surface area contributed by atoms with Crippen molar-refractivity contribution in [1.29, 1.82) is 0 Å². The van der Waals surface area contributed by atoms with Crippen LogP contribution in [0.2, 0.25) is 0 Å². The Bertz CT molecular complexity index is 766. The van der Waals surface area contributed by atoms with Gasteiger partial charge in [-0.05, 0) is 30.7 Å². The van der Waals surface area contributed by atoms with E-state index in [0.29, 0.717) is 17.9 Å². The summed E-state index contributed by atoms with van der Waals surface area (Å²) in [5.74, 6) is -0.311. The number of nitrogens with one attached hydrogen (secondary N) is 1. The van der Waals surface area contributed by atoms with Crippen molar-refractivity contribution in [2.75, 3.05) is 23.4 Å². The lowest BCUT2D eigenvalue weighted by atomic mass is 10.2. The van der Waals surface area contributed by atoms with Crippen LogP contribution in [-0.4, -0.2) is 29.9 Å². The molecule has 0 bridgehead atoms. The van der Waals surface area contributed by atoms with Crippen LogP contribution in [0.4, 0.5) is 15.9 Å². The van der Waals surface area contributed by atoms with E-state index in [9.17, 15) is 14.0 Å². The van der Waals surface area contributed by atoms with Gasteiger partial charge >= 0.3 is 0 Å². The number of carbonyl (C=O) groups excluding carboxylic acids is 2. The number of anilines is 2. The molecule has 2 amide bonds. The highest BCUT2D eigenvalue weighted by atomic mass is 19.1. The maximum atomic E-state index is 13.4. The minimum absolute atomic E-state index is 0.0585. The Hall–Kier alpha value is -2.96. The Morgan fingerprint density at radius 1 is 1.29 bits per heavy atom. The first-order chi connectivity index (χ1) is 11.6. The number of para-hydroxylation sites is 1. The molecular weight excluding hydrogens is 313 g/mol. The zero-order valence-electron chi connectivity index (χ0n) is 12.9.